The summed E-state index contributed by atoms with van der Waals surface area (Å²) >= 11 is 13.6. The molecular weight excluding hydrogens is 410 g/mol. The monoisotopic (exact) mass is 426 g/mol. The average molecular weight is 427 g/mol. The van der Waals surface area contributed by atoms with Crippen molar-refractivity contribution >= 4 is 40.4 Å². The van der Waals surface area contributed by atoms with Crippen LogP contribution in [0, 0.1) is 5.82 Å². The van der Waals surface area contributed by atoms with Gasteiger partial charge in [0, 0.05) is 17.0 Å². The molecule has 27 heavy (non-hydrogen) atoms. The molecule has 0 saturated heterocycles. The molecule has 0 aliphatic carbocycles. The predicted molar refractivity (Wildman–Crippen MR) is 107 cm³/mol. The number of aromatic amines is 1. The summed E-state index contributed by atoms with van der Waals surface area (Å²) in [7, 11) is 0. The lowest BCUT2D eigenvalue weighted by molar-refractivity contribution is 0.100. The van der Waals surface area contributed by atoms with Gasteiger partial charge in [-0.15, -0.1) is 22.9 Å². The lowest BCUT2D eigenvalue weighted by atomic mass is 9.88. The quantitative estimate of drug-likeness (QED) is 0.496. The average Bonchev–Trinajstić information content (AvgIpc) is 3.23. The van der Waals surface area contributed by atoms with E-state index in [1.807, 2.05) is 6.07 Å². The van der Waals surface area contributed by atoms with E-state index in [1.165, 1.54) is 12.1 Å². The fourth-order valence-electron chi connectivity index (χ4n) is 3.10. The van der Waals surface area contributed by atoms with E-state index >= 15 is 0 Å². The number of H-pyrrole nitrogens is 1. The summed E-state index contributed by atoms with van der Waals surface area (Å²) in [5.41, 5.74) is 15.0. The van der Waals surface area contributed by atoms with Gasteiger partial charge in [-0.05, 0) is 36.2 Å². The Morgan fingerprint density at radius 2 is 2.19 bits per heavy atom. The first-order valence-electron chi connectivity index (χ1n) is 8.11. The number of carbonyl (C=O) groups excluding carboxylic acids is 1. The van der Waals surface area contributed by atoms with E-state index in [2.05, 4.69) is 10.2 Å². The molecule has 1 amide bonds. The molecule has 1 unspecified atom stereocenters. The Morgan fingerprint density at radius 1 is 1.41 bits per heavy atom. The lowest BCUT2D eigenvalue weighted by Crippen LogP contribution is -2.20. The van der Waals surface area contributed by atoms with Crippen molar-refractivity contribution in [3.8, 4) is 11.3 Å². The summed E-state index contributed by atoms with van der Waals surface area (Å²) in [5.74, 6) is -0.993. The molecule has 0 bridgehead atoms. The molecule has 9 heteroatoms. The van der Waals surface area contributed by atoms with Crippen LogP contribution in [0.3, 0.4) is 0 Å². The van der Waals surface area contributed by atoms with E-state index in [9.17, 15) is 9.18 Å². The minimum atomic E-state index is -0.590. The second kappa shape index (κ2) is 8.39. The van der Waals surface area contributed by atoms with Crippen LogP contribution in [0.2, 0.25) is 4.34 Å². The Kier molecular flexibility index (Phi) is 6.16. The lowest BCUT2D eigenvalue weighted by Gasteiger charge is -2.18. The highest BCUT2D eigenvalue weighted by Crippen LogP contribution is 2.45. The maximum absolute atomic E-state index is 13.6. The molecule has 142 valence electrons. The van der Waals surface area contributed by atoms with Crippen LogP contribution in [-0.2, 0) is 12.3 Å². The zero-order valence-electron chi connectivity index (χ0n) is 14.1. The highest BCUT2D eigenvalue weighted by atomic mass is 35.5. The highest BCUT2D eigenvalue weighted by Gasteiger charge is 2.29. The van der Waals surface area contributed by atoms with Gasteiger partial charge in [-0.25, -0.2) is 4.39 Å². The SMILES string of the molecule is NCC(Cc1cccc(F)c1)c1c(C(N)=O)sc(Cl)c1-c1[nH]ncc1CCl. The molecule has 0 aliphatic rings. The Balaban J connectivity index is 2.15. The molecule has 1 aromatic carbocycles. The Hall–Kier alpha value is -1.93. The van der Waals surface area contributed by atoms with E-state index in [0.717, 1.165) is 22.5 Å². The number of hydrogen-bond acceptors (Lipinski definition) is 4. The van der Waals surface area contributed by atoms with Crippen LogP contribution in [0.1, 0.15) is 32.3 Å². The normalized spacial score (nSPS) is 12.3. The number of nitrogens with zero attached hydrogens (tertiary/aromatic N) is 1. The number of nitrogens with two attached hydrogens (primary N) is 2. The van der Waals surface area contributed by atoms with Gasteiger partial charge in [0.15, 0.2) is 0 Å². The first-order chi connectivity index (χ1) is 13.0. The number of amides is 1. The van der Waals surface area contributed by atoms with E-state index in [0.29, 0.717) is 32.5 Å². The van der Waals surface area contributed by atoms with Crippen LogP contribution >= 0.6 is 34.5 Å². The first-order valence-corrected chi connectivity index (χ1v) is 9.84. The minimum Gasteiger partial charge on any atom is -0.365 e. The maximum atomic E-state index is 13.6. The molecule has 0 fully saturated rings. The molecule has 0 radical (unpaired) electrons. The van der Waals surface area contributed by atoms with Crippen molar-refractivity contribution in [2.24, 2.45) is 11.5 Å². The van der Waals surface area contributed by atoms with Crippen LogP contribution < -0.4 is 11.5 Å². The summed E-state index contributed by atoms with van der Waals surface area (Å²) < 4.78 is 14.0. The molecular formula is C18H17Cl2FN4OS. The molecule has 5 nitrogen and oxygen atoms in total. The fourth-order valence-corrected chi connectivity index (χ4v) is 4.70. The molecule has 2 aromatic heterocycles. The van der Waals surface area contributed by atoms with Crippen LogP contribution in [-0.4, -0.2) is 22.6 Å². The molecule has 3 rings (SSSR count). The number of carbonyl (C=O) groups is 1. The van der Waals surface area contributed by atoms with Crippen molar-refractivity contribution in [2.45, 2.75) is 18.2 Å². The molecule has 2 heterocycles. The smallest absolute Gasteiger partial charge is 0.259 e. The third-order valence-corrected chi connectivity index (χ3v) is 6.02. The molecule has 0 spiro atoms. The molecule has 1 atom stereocenters. The van der Waals surface area contributed by atoms with Gasteiger partial charge >= 0.3 is 0 Å². The number of rotatable bonds is 7. The van der Waals surface area contributed by atoms with Gasteiger partial charge < -0.3 is 11.5 Å². The first kappa shape index (κ1) is 19.8. The van der Waals surface area contributed by atoms with Crippen molar-refractivity contribution in [1.29, 1.82) is 0 Å². The van der Waals surface area contributed by atoms with Gasteiger partial charge in [-0.1, -0.05) is 23.7 Å². The van der Waals surface area contributed by atoms with E-state index in [-0.39, 0.29) is 24.2 Å². The van der Waals surface area contributed by atoms with E-state index in [1.54, 1.807) is 12.3 Å². The predicted octanol–water partition coefficient (Wildman–Crippen LogP) is 4.05. The van der Waals surface area contributed by atoms with Crippen molar-refractivity contribution < 1.29 is 9.18 Å². The van der Waals surface area contributed by atoms with Gasteiger partial charge in [-0.3, -0.25) is 9.89 Å². The summed E-state index contributed by atoms with van der Waals surface area (Å²) in [6.45, 7) is 0.223. The number of benzene rings is 1. The molecule has 3 aromatic rings. The highest BCUT2D eigenvalue weighted by molar-refractivity contribution is 7.18. The van der Waals surface area contributed by atoms with Crippen molar-refractivity contribution in [1.82, 2.24) is 10.2 Å². The number of halogens is 3. The van der Waals surface area contributed by atoms with E-state index < -0.39 is 5.91 Å². The number of thiophene rings is 1. The van der Waals surface area contributed by atoms with Gasteiger partial charge in [-0.2, -0.15) is 5.10 Å². The number of nitrogens with one attached hydrogen (secondary N) is 1. The van der Waals surface area contributed by atoms with E-state index in [4.69, 9.17) is 34.7 Å². The second-order valence-corrected chi connectivity index (χ2v) is 7.92. The number of hydrogen-bond donors (Lipinski definition) is 3. The van der Waals surface area contributed by atoms with Crippen LogP contribution in [0.25, 0.3) is 11.3 Å². The largest absolute Gasteiger partial charge is 0.365 e. The number of aromatic nitrogens is 2. The zero-order valence-corrected chi connectivity index (χ0v) is 16.5. The standard InChI is InChI=1S/C18H17Cl2FN4OS/c19-6-11-8-24-25-15(11)14-13(16(18(23)26)27-17(14)20)10(7-22)4-9-2-1-3-12(21)5-9/h1-3,5,8,10H,4,6-7,22H2,(H2,23,26)(H,24,25). The van der Waals surface area contributed by atoms with Crippen molar-refractivity contribution in [3.05, 3.63) is 62.2 Å². The fraction of sp³-hybridized carbons (Fsp3) is 0.222. The topological polar surface area (TPSA) is 97.8 Å². The summed E-state index contributed by atoms with van der Waals surface area (Å²) in [6, 6.07) is 6.26. The van der Waals surface area contributed by atoms with Crippen LogP contribution in [0.5, 0.6) is 0 Å². The van der Waals surface area contributed by atoms with Crippen molar-refractivity contribution in [3.63, 3.8) is 0 Å². The minimum absolute atomic E-state index is 0.223. The maximum Gasteiger partial charge on any atom is 0.259 e. The Labute approximate surface area is 169 Å². The van der Waals surface area contributed by atoms with Crippen LogP contribution in [0.15, 0.2) is 30.5 Å². The number of alkyl halides is 1. The molecule has 5 N–H and O–H groups in total. The van der Waals surface area contributed by atoms with Gasteiger partial charge in [0.25, 0.3) is 5.91 Å². The second-order valence-electron chi connectivity index (χ2n) is 6.03. The Morgan fingerprint density at radius 3 is 2.81 bits per heavy atom. The van der Waals surface area contributed by atoms with Gasteiger partial charge in [0.1, 0.15) is 10.2 Å². The van der Waals surface area contributed by atoms with Crippen LogP contribution in [0.4, 0.5) is 4.39 Å². The van der Waals surface area contributed by atoms with Gasteiger partial charge in [0.05, 0.1) is 22.6 Å². The summed E-state index contributed by atoms with van der Waals surface area (Å²) in [5, 5.41) is 6.92. The molecule has 0 saturated carbocycles. The summed E-state index contributed by atoms with van der Waals surface area (Å²) in [6.07, 6.45) is 2.03. The Bertz CT molecular complexity index is 972. The third kappa shape index (κ3) is 4.01. The van der Waals surface area contributed by atoms with Gasteiger partial charge in [0.2, 0.25) is 0 Å². The third-order valence-electron chi connectivity index (χ3n) is 4.30. The molecule has 0 aliphatic heterocycles. The number of primary amides is 1. The summed E-state index contributed by atoms with van der Waals surface area (Å²) in [4.78, 5) is 12.4. The zero-order chi connectivity index (χ0) is 19.6. The van der Waals surface area contributed by atoms with Crippen molar-refractivity contribution in [2.75, 3.05) is 6.54 Å².